The molecule has 0 aliphatic heterocycles. The molecule has 2 N–H and O–H groups in total. The third-order valence-corrected chi connectivity index (χ3v) is 3.51. The van der Waals surface area contributed by atoms with Crippen LogP contribution in [0.15, 0.2) is 42.7 Å². The van der Waals surface area contributed by atoms with E-state index < -0.39 is 0 Å². The Morgan fingerprint density at radius 1 is 1.18 bits per heavy atom. The minimum Gasteiger partial charge on any atom is -0.507 e. The molecule has 0 atom stereocenters. The molecule has 0 aliphatic rings. The predicted molar refractivity (Wildman–Crippen MR) is 90.7 cm³/mol. The Labute approximate surface area is 134 Å². The number of rotatable bonds is 2. The summed E-state index contributed by atoms with van der Waals surface area (Å²) in [7, 11) is 0. The van der Waals surface area contributed by atoms with Crippen LogP contribution in [0.5, 0.6) is 5.75 Å². The largest absolute Gasteiger partial charge is 0.507 e. The number of pyridine rings is 1. The van der Waals surface area contributed by atoms with Gasteiger partial charge in [-0.2, -0.15) is 0 Å². The molecular formula is C17H18ClN3O. The first-order valence-electron chi connectivity index (χ1n) is 7.08. The fraction of sp³-hybridized carbons (Fsp3) is 0.235. The van der Waals surface area contributed by atoms with Crippen LogP contribution in [-0.4, -0.2) is 20.0 Å². The van der Waals surface area contributed by atoms with Gasteiger partial charge in [0.1, 0.15) is 17.2 Å². The topological polar surface area (TPSA) is 49.6 Å². The fourth-order valence-electron chi connectivity index (χ4n) is 2.36. The maximum Gasteiger partial charge on any atom is 0.138 e. The Hall–Kier alpha value is -2.20. The van der Waals surface area contributed by atoms with Gasteiger partial charge in [-0.25, -0.2) is 4.98 Å². The molecule has 0 amide bonds. The molecule has 4 nitrogen and oxygen atoms in total. The van der Waals surface area contributed by atoms with Crippen molar-refractivity contribution in [3.63, 3.8) is 0 Å². The molecule has 114 valence electrons. The first-order chi connectivity index (χ1) is 10.3. The molecule has 0 spiro atoms. The summed E-state index contributed by atoms with van der Waals surface area (Å²) in [6.07, 6.45) is 3.75. The zero-order valence-corrected chi connectivity index (χ0v) is 13.5. The molecule has 0 saturated heterocycles. The van der Waals surface area contributed by atoms with Gasteiger partial charge in [-0.15, -0.1) is 0 Å². The maximum absolute atomic E-state index is 10.1. The molecule has 0 fully saturated rings. The van der Waals surface area contributed by atoms with Crippen LogP contribution < -0.4 is 5.32 Å². The van der Waals surface area contributed by atoms with Crippen LogP contribution in [0.1, 0.15) is 20.8 Å². The van der Waals surface area contributed by atoms with E-state index in [1.54, 1.807) is 18.2 Å². The molecule has 1 aromatic carbocycles. The number of aromatic hydroxyl groups is 1. The van der Waals surface area contributed by atoms with Crippen molar-refractivity contribution < 1.29 is 5.11 Å². The number of aromatic nitrogens is 2. The van der Waals surface area contributed by atoms with Gasteiger partial charge in [-0.3, -0.25) is 4.40 Å². The summed E-state index contributed by atoms with van der Waals surface area (Å²) in [4.78, 5) is 4.39. The zero-order valence-electron chi connectivity index (χ0n) is 12.8. The number of nitrogens with zero attached hydrogens (tertiary/aromatic N) is 2. The Balaban J connectivity index is 2.12. The molecule has 3 rings (SSSR count). The van der Waals surface area contributed by atoms with Crippen LogP contribution in [0.3, 0.4) is 0 Å². The number of halogens is 1. The fourth-order valence-corrected chi connectivity index (χ4v) is 2.53. The van der Waals surface area contributed by atoms with Gasteiger partial charge in [0.05, 0.1) is 6.20 Å². The second-order valence-corrected chi connectivity index (χ2v) is 6.76. The number of phenolic OH excluding ortho intramolecular Hbond substituents is 1. The quantitative estimate of drug-likeness (QED) is 0.728. The second-order valence-electron chi connectivity index (χ2n) is 6.33. The number of fused-ring (bicyclic) bond motifs is 1. The average molecular weight is 316 g/mol. The number of benzene rings is 1. The van der Waals surface area contributed by atoms with Crippen molar-refractivity contribution in [2.45, 2.75) is 26.3 Å². The molecule has 0 aliphatic carbocycles. The molecule has 3 aromatic rings. The maximum atomic E-state index is 10.1. The van der Waals surface area contributed by atoms with Crippen molar-refractivity contribution in [2.24, 2.45) is 0 Å². The number of hydrogen-bond acceptors (Lipinski definition) is 3. The third kappa shape index (κ3) is 2.88. The summed E-state index contributed by atoms with van der Waals surface area (Å²) in [5.74, 6) is 1.11. The number of imidazole rings is 1. The van der Waals surface area contributed by atoms with Crippen molar-refractivity contribution >= 4 is 23.1 Å². The van der Waals surface area contributed by atoms with Crippen LogP contribution >= 0.6 is 11.6 Å². The monoisotopic (exact) mass is 315 g/mol. The summed E-state index contributed by atoms with van der Waals surface area (Å²) < 4.78 is 1.97. The lowest BCUT2D eigenvalue weighted by molar-refractivity contribution is 0.477. The standard InChI is InChI=1S/C17H18ClN3O/c1-17(2,3)20-16-9-19-15-7-4-11(10-21(15)16)13-8-12(18)5-6-14(13)22/h4-10,20,22H,1-3H3. The van der Waals surface area contributed by atoms with E-state index in [0.717, 1.165) is 17.0 Å². The number of hydrogen-bond donors (Lipinski definition) is 2. The van der Waals surface area contributed by atoms with E-state index >= 15 is 0 Å². The lowest BCUT2D eigenvalue weighted by Crippen LogP contribution is -2.26. The van der Waals surface area contributed by atoms with Gasteiger partial charge < -0.3 is 10.4 Å². The highest BCUT2D eigenvalue weighted by molar-refractivity contribution is 6.31. The minimum absolute atomic E-state index is 0.0653. The van der Waals surface area contributed by atoms with Gasteiger partial charge in [-0.05, 0) is 51.1 Å². The van der Waals surface area contributed by atoms with Crippen LogP contribution in [0.2, 0.25) is 5.02 Å². The molecular weight excluding hydrogens is 298 g/mol. The van der Waals surface area contributed by atoms with E-state index in [-0.39, 0.29) is 11.3 Å². The molecule has 0 radical (unpaired) electrons. The van der Waals surface area contributed by atoms with Gasteiger partial charge >= 0.3 is 0 Å². The Morgan fingerprint density at radius 2 is 1.95 bits per heavy atom. The molecule has 2 heterocycles. The van der Waals surface area contributed by atoms with E-state index in [4.69, 9.17) is 11.6 Å². The summed E-state index contributed by atoms with van der Waals surface area (Å²) >= 11 is 6.04. The first-order valence-corrected chi connectivity index (χ1v) is 7.45. The first kappa shape index (κ1) is 14.7. The Bertz CT molecular complexity index is 834. The average Bonchev–Trinajstić information content (AvgIpc) is 2.82. The highest BCUT2D eigenvalue weighted by Gasteiger charge is 2.13. The van der Waals surface area contributed by atoms with E-state index in [2.05, 4.69) is 31.1 Å². The number of nitrogens with one attached hydrogen (secondary N) is 1. The normalized spacial score (nSPS) is 11.8. The minimum atomic E-state index is -0.0653. The molecule has 5 heteroatoms. The number of phenols is 1. The summed E-state index contributed by atoms with van der Waals surface area (Å²) in [6.45, 7) is 6.29. The SMILES string of the molecule is CC(C)(C)Nc1cnc2ccc(-c3cc(Cl)ccc3O)cn12. The second kappa shape index (κ2) is 5.21. The third-order valence-electron chi connectivity index (χ3n) is 3.28. The lowest BCUT2D eigenvalue weighted by atomic mass is 10.1. The lowest BCUT2D eigenvalue weighted by Gasteiger charge is -2.21. The highest BCUT2D eigenvalue weighted by atomic mass is 35.5. The van der Waals surface area contributed by atoms with Crippen molar-refractivity contribution in [1.29, 1.82) is 0 Å². The molecule has 0 bridgehead atoms. The highest BCUT2D eigenvalue weighted by Crippen LogP contribution is 2.32. The van der Waals surface area contributed by atoms with Crippen molar-refractivity contribution in [1.82, 2.24) is 9.38 Å². The van der Waals surface area contributed by atoms with Gasteiger partial charge in [0.25, 0.3) is 0 Å². The molecule has 0 saturated carbocycles. The van der Waals surface area contributed by atoms with Gasteiger partial charge in [0.2, 0.25) is 0 Å². The molecule has 2 aromatic heterocycles. The van der Waals surface area contributed by atoms with E-state index in [9.17, 15) is 5.11 Å². The predicted octanol–water partition coefficient (Wildman–Crippen LogP) is 4.57. The van der Waals surface area contributed by atoms with E-state index in [0.29, 0.717) is 10.6 Å². The van der Waals surface area contributed by atoms with Crippen molar-refractivity contribution in [2.75, 3.05) is 5.32 Å². The Morgan fingerprint density at radius 3 is 2.68 bits per heavy atom. The zero-order chi connectivity index (χ0) is 15.9. The van der Waals surface area contributed by atoms with Gasteiger partial charge in [-0.1, -0.05) is 11.6 Å². The summed E-state index contributed by atoms with van der Waals surface area (Å²) in [5, 5.41) is 14.1. The Kier molecular flexibility index (Phi) is 3.49. The smallest absolute Gasteiger partial charge is 0.138 e. The van der Waals surface area contributed by atoms with Crippen molar-refractivity contribution in [3.8, 4) is 16.9 Å². The van der Waals surface area contributed by atoms with E-state index in [1.807, 2.05) is 28.9 Å². The van der Waals surface area contributed by atoms with E-state index in [1.165, 1.54) is 0 Å². The number of anilines is 1. The summed E-state index contributed by atoms with van der Waals surface area (Å²) in [6, 6.07) is 8.87. The van der Waals surface area contributed by atoms with Gasteiger partial charge in [0.15, 0.2) is 0 Å². The van der Waals surface area contributed by atoms with Crippen molar-refractivity contribution in [3.05, 3.63) is 47.7 Å². The summed E-state index contributed by atoms with van der Waals surface area (Å²) in [5.41, 5.74) is 2.36. The molecule has 0 unspecified atom stereocenters. The van der Waals surface area contributed by atoms with Crippen LogP contribution in [0.4, 0.5) is 5.82 Å². The van der Waals surface area contributed by atoms with Crippen LogP contribution in [0, 0.1) is 0 Å². The van der Waals surface area contributed by atoms with Gasteiger partial charge in [0, 0.05) is 27.9 Å². The van der Waals surface area contributed by atoms with Crippen LogP contribution in [0.25, 0.3) is 16.8 Å². The van der Waals surface area contributed by atoms with Crippen LogP contribution in [-0.2, 0) is 0 Å². The molecule has 22 heavy (non-hydrogen) atoms.